The summed E-state index contributed by atoms with van der Waals surface area (Å²) in [6.07, 6.45) is -3.45. The van der Waals surface area contributed by atoms with Crippen molar-refractivity contribution in [3.05, 3.63) is 29.3 Å². The summed E-state index contributed by atoms with van der Waals surface area (Å²) in [5.41, 5.74) is -0.223. The minimum Gasteiger partial charge on any atom is -0.355 e. The predicted molar refractivity (Wildman–Crippen MR) is 65.5 cm³/mol. The van der Waals surface area contributed by atoms with Gasteiger partial charge in [-0.15, -0.1) is 0 Å². The van der Waals surface area contributed by atoms with E-state index in [1.54, 1.807) is 7.05 Å². The number of hydrogen-bond donors (Lipinski definition) is 1. The van der Waals surface area contributed by atoms with Crippen LogP contribution in [0.5, 0.6) is 0 Å². The summed E-state index contributed by atoms with van der Waals surface area (Å²) in [4.78, 5) is 0.786. The van der Waals surface area contributed by atoms with E-state index in [9.17, 15) is 22.0 Å². The van der Waals surface area contributed by atoms with E-state index in [4.69, 9.17) is 0 Å². The minimum atomic E-state index is -4.49. The van der Waals surface area contributed by atoms with Crippen LogP contribution in [0.4, 0.5) is 27.6 Å². The highest BCUT2D eigenvalue weighted by Crippen LogP contribution is 2.37. The molecule has 2 rings (SSSR count). The van der Waals surface area contributed by atoms with Gasteiger partial charge in [-0.25, -0.2) is 8.78 Å². The van der Waals surface area contributed by atoms with Crippen molar-refractivity contribution in [1.82, 2.24) is 5.32 Å². The van der Waals surface area contributed by atoms with Crippen molar-refractivity contribution in [3.63, 3.8) is 0 Å². The van der Waals surface area contributed by atoms with Gasteiger partial charge in [-0.05, 0) is 37.6 Å². The summed E-state index contributed by atoms with van der Waals surface area (Å²) in [6.45, 7) is -1.09. The maximum Gasteiger partial charge on any atom is 0.405 e. The summed E-state index contributed by atoms with van der Waals surface area (Å²) in [5.74, 6) is -1.90. The summed E-state index contributed by atoms with van der Waals surface area (Å²) in [6, 6.07) is 1.71. The van der Waals surface area contributed by atoms with Crippen molar-refractivity contribution in [2.75, 3.05) is 18.5 Å². The zero-order chi connectivity index (χ0) is 14.9. The Balaban J connectivity index is 2.33. The molecule has 0 radical (unpaired) electrons. The number of nitrogens with zero attached hydrogens (tertiary/aromatic N) is 1. The van der Waals surface area contributed by atoms with Crippen molar-refractivity contribution in [2.45, 2.75) is 31.6 Å². The molecule has 112 valence electrons. The van der Waals surface area contributed by atoms with Gasteiger partial charge in [-0.2, -0.15) is 13.2 Å². The molecule has 0 aromatic heterocycles. The molecule has 0 atom stereocenters. The second kappa shape index (κ2) is 5.55. The molecule has 20 heavy (non-hydrogen) atoms. The van der Waals surface area contributed by atoms with E-state index >= 15 is 0 Å². The number of rotatable bonds is 5. The molecule has 0 heterocycles. The standard InChI is InChI=1S/C13H15F5N2/c1-19-6-8-4-10(14)12(11(15)5-8)20(9-2-3-9)7-13(16,17)18/h4-5,9,19H,2-3,6-7H2,1H3. The fourth-order valence-electron chi connectivity index (χ4n) is 2.17. The van der Waals surface area contributed by atoms with Crippen LogP contribution in [0.3, 0.4) is 0 Å². The van der Waals surface area contributed by atoms with Gasteiger partial charge >= 0.3 is 6.18 Å². The quantitative estimate of drug-likeness (QED) is 0.839. The van der Waals surface area contributed by atoms with Gasteiger partial charge in [0.05, 0.1) is 0 Å². The molecule has 0 unspecified atom stereocenters. The molecule has 0 spiro atoms. The first-order chi connectivity index (χ1) is 9.31. The van der Waals surface area contributed by atoms with Crippen LogP contribution in [0.25, 0.3) is 0 Å². The van der Waals surface area contributed by atoms with Gasteiger partial charge in [0, 0.05) is 12.6 Å². The molecule has 0 bridgehead atoms. The predicted octanol–water partition coefficient (Wildman–Crippen LogP) is 3.22. The first kappa shape index (κ1) is 15.0. The van der Waals surface area contributed by atoms with E-state index in [2.05, 4.69) is 5.32 Å². The lowest BCUT2D eigenvalue weighted by Crippen LogP contribution is -2.37. The van der Waals surface area contributed by atoms with Gasteiger partial charge in [-0.3, -0.25) is 0 Å². The van der Waals surface area contributed by atoms with Crippen molar-refractivity contribution >= 4 is 5.69 Å². The molecule has 1 N–H and O–H groups in total. The van der Waals surface area contributed by atoms with Crippen molar-refractivity contribution < 1.29 is 22.0 Å². The smallest absolute Gasteiger partial charge is 0.355 e. The molecule has 0 amide bonds. The molecule has 1 aromatic rings. The molecule has 1 aliphatic carbocycles. The zero-order valence-corrected chi connectivity index (χ0v) is 10.9. The van der Waals surface area contributed by atoms with Gasteiger partial charge < -0.3 is 10.2 Å². The Morgan fingerprint density at radius 3 is 2.15 bits per heavy atom. The van der Waals surface area contributed by atoms with Crippen LogP contribution in [0.15, 0.2) is 12.1 Å². The van der Waals surface area contributed by atoms with Crippen molar-refractivity contribution in [1.29, 1.82) is 0 Å². The number of anilines is 1. The first-order valence-corrected chi connectivity index (χ1v) is 6.27. The van der Waals surface area contributed by atoms with E-state index < -0.39 is 36.1 Å². The minimum absolute atomic E-state index is 0.247. The van der Waals surface area contributed by atoms with Crippen LogP contribution in [0.2, 0.25) is 0 Å². The lowest BCUT2D eigenvalue weighted by molar-refractivity contribution is -0.120. The van der Waals surface area contributed by atoms with Crippen LogP contribution in [-0.4, -0.2) is 25.8 Å². The number of alkyl halides is 3. The summed E-state index contributed by atoms with van der Waals surface area (Å²) in [5, 5.41) is 2.73. The Hall–Kier alpha value is -1.37. The monoisotopic (exact) mass is 294 g/mol. The number of halogens is 5. The van der Waals surface area contributed by atoms with E-state index in [0.29, 0.717) is 18.4 Å². The van der Waals surface area contributed by atoms with Crippen LogP contribution in [-0.2, 0) is 6.54 Å². The summed E-state index contributed by atoms with van der Waals surface area (Å²) < 4.78 is 65.6. The van der Waals surface area contributed by atoms with Crippen LogP contribution < -0.4 is 10.2 Å². The van der Waals surface area contributed by atoms with E-state index in [-0.39, 0.29) is 6.54 Å². The highest BCUT2D eigenvalue weighted by molar-refractivity contribution is 5.53. The molecule has 0 saturated heterocycles. The Bertz CT molecular complexity index is 459. The zero-order valence-electron chi connectivity index (χ0n) is 10.9. The third-order valence-corrected chi connectivity index (χ3v) is 3.08. The van der Waals surface area contributed by atoms with Gasteiger partial charge in [0.15, 0.2) is 0 Å². The van der Waals surface area contributed by atoms with Crippen LogP contribution in [0, 0.1) is 11.6 Å². The summed E-state index contributed by atoms with van der Waals surface area (Å²) in [7, 11) is 1.61. The molecule has 1 saturated carbocycles. The van der Waals surface area contributed by atoms with Gasteiger partial charge in [0.1, 0.15) is 23.9 Å². The van der Waals surface area contributed by atoms with E-state index in [1.807, 2.05) is 0 Å². The van der Waals surface area contributed by atoms with E-state index in [0.717, 1.165) is 17.0 Å². The van der Waals surface area contributed by atoms with E-state index in [1.165, 1.54) is 0 Å². The highest BCUT2D eigenvalue weighted by Gasteiger charge is 2.40. The van der Waals surface area contributed by atoms with Gasteiger partial charge in [0.25, 0.3) is 0 Å². The lowest BCUT2D eigenvalue weighted by atomic mass is 10.1. The highest BCUT2D eigenvalue weighted by atomic mass is 19.4. The number of benzene rings is 1. The normalized spacial score (nSPS) is 15.5. The fraction of sp³-hybridized carbons (Fsp3) is 0.538. The molecule has 7 heteroatoms. The average Bonchev–Trinajstić information content (AvgIpc) is 3.08. The third-order valence-electron chi connectivity index (χ3n) is 3.08. The average molecular weight is 294 g/mol. The Morgan fingerprint density at radius 2 is 1.75 bits per heavy atom. The van der Waals surface area contributed by atoms with Crippen molar-refractivity contribution in [3.8, 4) is 0 Å². The lowest BCUT2D eigenvalue weighted by Gasteiger charge is -2.27. The third kappa shape index (κ3) is 3.59. The Kier molecular flexibility index (Phi) is 4.17. The first-order valence-electron chi connectivity index (χ1n) is 6.27. The molecular formula is C13H15F5N2. The molecular weight excluding hydrogens is 279 g/mol. The SMILES string of the molecule is CNCc1cc(F)c(N(CC(F)(F)F)C2CC2)c(F)c1. The molecule has 1 aliphatic rings. The van der Waals surface area contributed by atoms with Crippen molar-refractivity contribution in [2.24, 2.45) is 0 Å². The summed E-state index contributed by atoms with van der Waals surface area (Å²) >= 11 is 0. The van der Waals surface area contributed by atoms with Crippen LogP contribution in [0.1, 0.15) is 18.4 Å². The molecule has 2 nitrogen and oxygen atoms in total. The largest absolute Gasteiger partial charge is 0.405 e. The number of nitrogens with one attached hydrogen (secondary N) is 1. The van der Waals surface area contributed by atoms with Gasteiger partial charge in [-0.1, -0.05) is 0 Å². The fourth-order valence-corrected chi connectivity index (χ4v) is 2.17. The second-order valence-electron chi connectivity index (χ2n) is 4.91. The Morgan fingerprint density at radius 1 is 1.20 bits per heavy atom. The van der Waals surface area contributed by atoms with Gasteiger partial charge in [0.2, 0.25) is 0 Å². The number of hydrogen-bond acceptors (Lipinski definition) is 2. The second-order valence-corrected chi connectivity index (χ2v) is 4.91. The maximum absolute atomic E-state index is 14.0. The Labute approximate surface area is 113 Å². The molecule has 1 fully saturated rings. The van der Waals surface area contributed by atoms with Crippen LogP contribution >= 0.6 is 0 Å². The maximum atomic E-state index is 14.0. The molecule has 1 aromatic carbocycles. The topological polar surface area (TPSA) is 15.3 Å². The molecule has 0 aliphatic heterocycles.